The summed E-state index contributed by atoms with van der Waals surface area (Å²) >= 11 is 7.52. The van der Waals surface area contributed by atoms with E-state index in [0.29, 0.717) is 21.5 Å². The van der Waals surface area contributed by atoms with Crippen molar-refractivity contribution >= 4 is 43.7 Å². The van der Waals surface area contributed by atoms with Crippen molar-refractivity contribution < 1.29 is 9.59 Å². The number of halogens is 2. The predicted octanol–water partition coefficient (Wildman–Crippen LogP) is 3.49. The highest BCUT2D eigenvalue weighted by atomic mass is 79.9. The van der Waals surface area contributed by atoms with Crippen LogP contribution in [-0.2, 0) is 9.59 Å². The Bertz CT molecular complexity index is 505. The van der Waals surface area contributed by atoms with Gasteiger partial charge >= 0.3 is 0 Å². The van der Waals surface area contributed by atoms with Crippen LogP contribution in [-0.4, -0.2) is 32.4 Å². The van der Waals surface area contributed by atoms with Gasteiger partial charge < -0.3 is 0 Å². The van der Waals surface area contributed by atoms with Gasteiger partial charge in [0.05, 0.1) is 11.3 Å². The molecule has 0 aromatic carbocycles. The number of fused-ring (bicyclic) bond motifs is 5. The van der Waals surface area contributed by atoms with Crippen molar-refractivity contribution in [1.82, 2.24) is 4.90 Å². The van der Waals surface area contributed by atoms with Crippen molar-refractivity contribution in [2.75, 3.05) is 0 Å². The van der Waals surface area contributed by atoms with Crippen molar-refractivity contribution in [2.24, 2.45) is 23.2 Å². The summed E-state index contributed by atoms with van der Waals surface area (Å²) in [6.07, 6.45) is 6.56. The van der Waals surface area contributed by atoms with Gasteiger partial charge in [-0.05, 0) is 38.0 Å². The van der Waals surface area contributed by atoms with E-state index in [1.54, 1.807) is 4.90 Å². The molecule has 0 unspecified atom stereocenters. The quantitative estimate of drug-likeness (QED) is 0.482. The molecule has 4 fully saturated rings. The van der Waals surface area contributed by atoms with Crippen LogP contribution in [0, 0.1) is 23.2 Å². The van der Waals surface area contributed by atoms with Crippen LogP contribution < -0.4 is 0 Å². The summed E-state index contributed by atoms with van der Waals surface area (Å²) < 4.78 is 0. The zero-order valence-electron chi connectivity index (χ0n) is 12.2. The number of nitrogens with zero attached hydrogens (tertiary/aromatic N) is 1. The fourth-order valence-corrected chi connectivity index (χ4v) is 7.55. The summed E-state index contributed by atoms with van der Waals surface area (Å²) in [5.41, 5.74) is -0.461. The minimum Gasteiger partial charge on any atom is -0.279 e. The molecule has 1 heterocycles. The third kappa shape index (κ3) is 1.71. The van der Waals surface area contributed by atoms with E-state index in [4.69, 9.17) is 0 Å². The average Bonchev–Trinajstić information content (AvgIpc) is 3.01. The Balaban J connectivity index is 1.70. The van der Waals surface area contributed by atoms with Crippen LogP contribution in [0.3, 0.4) is 0 Å². The van der Waals surface area contributed by atoms with E-state index in [1.807, 2.05) is 0 Å². The van der Waals surface area contributed by atoms with Crippen molar-refractivity contribution in [3.05, 3.63) is 0 Å². The van der Waals surface area contributed by atoms with Crippen LogP contribution in [0.25, 0.3) is 0 Å². The zero-order chi connectivity index (χ0) is 14.9. The highest BCUT2D eigenvalue weighted by Crippen LogP contribution is 2.66. The van der Waals surface area contributed by atoms with E-state index in [-0.39, 0.29) is 23.8 Å². The standard InChI is InChI=1S/C16H21Br2NO2/c1-16-10-7-9(12(17)13(10)18)11(16)14(20)19(15(16)21)8-5-3-2-4-6-8/h8-13H,2-7H2,1H3/t9-,10+,11+,12+,13-,16+/m0/s1. The van der Waals surface area contributed by atoms with Gasteiger partial charge in [0.1, 0.15) is 0 Å². The van der Waals surface area contributed by atoms with E-state index < -0.39 is 5.41 Å². The Morgan fingerprint density at radius 3 is 2.43 bits per heavy atom. The van der Waals surface area contributed by atoms with Gasteiger partial charge in [-0.25, -0.2) is 0 Å². The van der Waals surface area contributed by atoms with Gasteiger partial charge in [0.15, 0.2) is 0 Å². The van der Waals surface area contributed by atoms with E-state index in [1.165, 1.54) is 6.42 Å². The third-order valence-electron chi connectivity index (χ3n) is 6.59. The molecule has 3 saturated carbocycles. The van der Waals surface area contributed by atoms with E-state index >= 15 is 0 Å². The lowest BCUT2D eigenvalue weighted by atomic mass is 9.69. The first-order valence-corrected chi connectivity index (χ1v) is 9.96. The monoisotopic (exact) mass is 417 g/mol. The number of amides is 2. The lowest BCUT2D eigenvalue weighted by molar-refractivity contribution is -0.145. The number of alkyl halides is 2. The summed E-state index contributed by atoms with van der Waals surface area (Å²) in [6.45, 7) is 2.05. The number of hydrogen-bond donors (Lipinski definition) is 0. The normalized spacial score (nSPS) is 50.0. The number of imide groups is 1. The van der Waals surface area contributed by atoms with Crippen molar-refractivity contribution in [3.63, 3.8) is 0 Å². The summed E-state index contributed by atoms with van der Waals surface area (Å²) in [4.78, 5) is 28.5. The second kappa shape index (κ2) is 4.80. The highest BCUT2D eigenvalue weighted by molar-refractivity contribution is 9.12. The van der Waals surface area contributed by atoms with Gasteiger partial charge in [-0.1, -0.05) is 51.1 Å². The molecule has 6 atom stereocenters. The van der Waals surface area contributed by atoms with Crippen molar-refractivity contribution in [1.29, 1.82) is 0 Å². The molecule has 116 valence electrons. The molecular weight excluding hydrogens is 398 g/mol. The van der Waals surface area contributed by atoms with Gasteiger partial charge in [0.25, 0.3) is 0 Å². The molecule has 0 radical (unpaired) electrons. The van der Waals surface area contributed by atoms with Gasteiger partial charge in [0, 0.05) is 15.7 Å². The number of carbonyl (C=O) groups excluding carboxylic acids is 2. The maximum absolute atomic E-state index is 13.1. The molecule has 21 heavy (non-hydrogen) atoms. The van der Waals surface area contributed by atoms with Gasteiger partial charge in [-0.3, -0.25) is 14.5 Å². The molecule has 0 aromatic rings. The minimum absolute atomic E-state index is 0.0879. The Hall–Kier alpha value is 0.1000. The summed E-state index contributed by atoms with van der Waals surface area (Å²) in [5, 5.41) is 0. The van der Waals surface area contributed by atoms with Crippen LogP contribution in [0.4, 0.5) is 0 Å². The van der Waals surface area contributed by atoms with E-state index in [0.717, 1.165) is 32.1 Å². The SMILES string of the molecule is C[C@]12C(=O)N(C3CCCCC3)C(=O)[C@H]1[C@@H]1C[C@@H]2[C@H](Br)[C@@H]1Br. The molecule has 0 N–H and O–H groups in total. The Morgan fingerprint density at radius 1 is 1.10 bits per heavy atom. The van der Waals surface area contributed by atoms with Crippen LogP contribution >= 0.6 is 31.9 Å². The topological polar surface area (TPSA) is 37.4 Å². The maximum atomic E-state index is 13.1. The Kier molecular flexibility index (Phi) is 3.35. The van der Waals surface area contributed by atoms with Gasteiger partial charge in [0.2, 0.25) is 11.8 Å². The molecular formula is C16H21Br2NO2. The second-order valence-corrected chi connectivity index (χ2v) is 9.58. The molecule has 2 amide bonds. The molecule has 3 aliphatic carbocycles. The smallest absolute Gasteiger partial charge is 0.236 e. The number of likely N-dealkylation sites (tertiary alicyclic amines) is 1. The summed E-state index contributed by atoms with van der Waals surface area (Å²) in [7, 11) is 0. The van der Waals surface area contributed by atoms with E-state index in [9.17, 15) is 9.59 Å². The molecule has 3 nitrogen and oxygen atoms in total. The average molecular weight is 419 g/mol. The molecule has 1 saturated heterocycles. The Labute approximate surface area is 142 Å². The number of carbonyl (C=O) groups is 2. The van der Waals surface area contributed by atoms with Crippen LogP contribution in [0.5, 0.6) is 0 Å². The molecule has 4 rings (SSSR count). The highest BCUT2D eigenvalue weighted by Gasteiger charge is 2.73. The molecule has 1 aliphatic heterocycles. The van der Waals surface area contributed by atoms with Crippen molar-refractivity contribution in [2.45, 2.75) is 61.1 Å². The molecule has 5 heteroatoms. The van der Waals surface area contributed by atoms with Gasteiger partial charge in [-0.2, -0.15) is 0 Å². The first-order chi connectivity index (χ1) is 9.98. The largest absolute Gasteiger partial charge is 0.279 e. The summed E-state index contributed by atoms with van der Waals surface area (Å²) in [5.74, 6) is 0.776. The fraction of sp³-hybridized carbons (Fsp3) is 0.875. The van der Waals surface area contributed by atoms with Crippen LogP contribution in [0.2, 0.25) is 0 Å². The minimum atomic E-state index is -0.461. The van der Waals surface area contributed by atoms with Crippen LogP contribution in [0.1, 0.15) is 45.4 Å². The molecule has 0 spiro atoms. The van der Waals surface area contributed by atoms with Crippen molar-refractivity contribution in [3.8, 4) is 0 Å². The van der Waals surface area contributed by atoms with Gasteiger partial charge in [-0.15, -0.1) is 0 Å². The summed E-state index contributed by atoms with van der Waals surface area (Å²) in [6, 6.07) is 0.170. The maximum Gasteiger partial charge on any atom is 0.236 e. The predicted molar refractivity (Wildman–Crippen MR) is 87.4 cm³/mol. The molecule has 2 bridgehead atoms. The second-order valence-electron chi connectivity index (χ2n) is 7.46. The number of rotatable bonds is 1. The fourth-order valence-electron chi connectivity index (χ4n) is 5.51. The lowest BCUT2D eigenvalue weighted by Crippen LogP contribution is -2.46. The Morgan fingerprint density at radius 2 is 1.76 bits per heavy atom. The first-order valence-electron chi connectivity index (χ1n) is 8.13. The lowest BCUT2D eigenvalue weighted by Gasteiger charge is -2.37. The zero-order valence-corrected chi connectivity index (χ0v) is 15.4. The molecule has 4 aliphatic rings. The number of hydrogen-bond acceptors (Lipinski definition) is 2. The third-order valence-corrected chi connectivity index (χ3v) is 9.76. The van der Waals surface area contributed by atoms with Crippen LogP contribution in [0.15, 0.2) is 0 Å². The molecule has 0 aromatic heterocycles. The first kappa shape index (κ1) is 14.7. The van der Waals surface area contributed by atoms with E-state index in [2.05, 4.69) is 38.8 Å².